The summed E-state index contributed by atoms with van der Waals surface area (Å²) in [7, 11) is -2.03. The Labute approximate surface area is 155 Å². The molecule has 0 atom stereocenters. The van der Waals surface area contributed by atoms with Crippen molar-refractivity contribution in [2.45, 2.75) is 17.8 Å². The molecule has 0 unspecified atom stereocenters. The van der Waals surface area contributed by atoms with Gasteiger partial charge in [0.05, 0.1) is 4.90 Å². The number of rotatable bonds is 8. The molecule has 2 rings (SSSR count). The van der Waals surface area contributed by atoms with Gasteiger partial charge in [0.2, 0.25) is 10.0 Å². The zero-order valence-electron chi connectivity index (χ0n) is 14.4. The van der Waals surface area contributed by atoms with Gasteiger partial charge in [0.1, 0.15) is 18.1 Å². The lowest BCUT2D eigenvalue weighted by Crippen LogP contribution is -2.25. The van der Waals surface area contributed by atoms with E-state index in [9.17, 15) is 21.6 Å². The number of nitrogens with two attached hydrogens (primary N) is 1. The minimum absolute atomic E-state index is 0.0201. The van der Waals surface area contributed by atoms with Crippen molar-refractivity contribution >= 4 is 10.0 Å². The van der Waals surface area contributed by atoms with Gasteiger partial charge in [0.15, 0.2) is 0 Å². The quantitative estimate of drug-likeness (QED) is 0.732. The van der Waals surface area contributed by atoms with E-state index in [1.807, 2.05) is 0 Å². The van der Waals surface area contributed by atoms with E-state index < -0.39 is 16.4 Å². The summed E-state index contributed by atoms with van der Waals surface area (Å²) >= 11 is 0. The molecule has 6 nitrogen and oxygen atoms in total. The van der Waals surface area contributed by atoms with Gasteiger partial charge in [-0.3, -0.25) is 4.90 Å². The fourth-order valence-electron chi connectivity index (χ4n) is 2.27. The highest BCUT2D eigenvalue weighted by atomic mass is 32.2. The third-order valence-electron chi connectivity index (χ3n) is 3.53. The molecule has 0 saturated carbocycles. The summed E-state index contributed by atoms with van der Waals surface area (Å²) in [5, 5.41) is 5.01. The molecule has 0 aliphatic carbocycles. The molecule has 148 valence electrons. The Hall–Kier alpha value is -2.30. The van der Waals surface area contributed by atoms with E-state index in [-0.39, 0.29) is 23.8 Å². The van der Waals surface area contributed by atoms with Gasteiger partial charge in [-0.1, -0.05) is 18.2 Å². The van der Waals surface area contributed by atoms with Gasteiger partial charge in [-0.2, -0.15) is 0 Å². The zero-order chi connectivity index (χ0) is 20.1. The van der Waals surface area contributed by atoms with Crippen LogP contribution in [0, 0.1) is 0 Å². The summed E-state index contributed by atoms with van der Waals surface area (Å²) < 4.78 is 69.3. The van der Waals surface area contributed by atoms with E-state index in [4.69, 9.17) is 9.88 Å². The molecule has 0 fully saturated rings. The van der Waals surface area contributed by atoms with Crippen molar-refractivity contribution < 1.29 is 31.1 Å². The molecule has 0 aliphatic rings. The highest BCUT2D eigenvalue weighted by Gasteiger charge is 2.32. The van der Waals surface area contributed by atoms with Crippen LogP contribution in [0.3, 0.4) is 0 Å². The van der Waals surface area contributed by atoms with Gasteiger partial charge in [-0.25, -0.2) is 13.6 Å². The highest BCUT2D eigenvalue weighted by Crippen LogP contribution is 2.26. The zero-order valence-corrected chi connectivity index (χ0v) is 15.3. The normalized spacial score (nSPS) is 12.2. The minimum Gasteiger partial charge on any atom is -0.492 e. The van der Waals surface area contributed by atoms with E-state index >= 15 is 0 Å². The molecule has 0 spiro atoms. The summed E-state index contributed by atoms with van der Waals surface area (Å²) in [6.45, 7) is 0.921. The maximum absolute atomic E-state index is 12.4. The van der Waals surface area contributed by atoms with Crippen LogP contribution in [0.4, 0.5) is 13.2 Å². The number of benzene rings is 2. The van der Waals surface area contributed by atoms with Crippen molar-refractivity contribution in [1.29, 1.82) is 0 Å². The van der Waals surface area contributed by atoms with Crippen molar-refractivity contribution in [3.8, 4) is 11.5 Å². The molecule has 0 radical (unpaired) electrons. The number of sulfonamides is 1. The fourth-order valence-corrected chi connectivity index (χ4v) is 2.79. The number of primary sulfonamides is 1. The number of ether oxygens (including phenoxy) is 2. The summed E-state index contributed by atoms with van der Waals surface area (Å²) in [5.74, 6) is 0.216. The Kier molecular flexibility index (Phi) is 6.68. The molecule has 0 aliphatic heterocycles. The lowest BCUT2D eigenvalue weighted by atomic mass is 10.2. The number of hydrogen-bond acceptors (Lipinski definition) is 5. The van der Waals surface area contributed by atoms with E-state index in [2.05, 4.69) is 4.74 Å². The summed E-state index contributed by atoms with van der Waals surface area (Å²) in [6, 6.07) is 11.6. The molecule has 2 N–H and O–H groups in total. The highest BCUT2D eigenvalue weighted by molar-refractivity contribution is 7.89. The molecular formula is C17H19F3N2O4S. The largest absolute Gasteiger partial charge is 0.573 e. The summed E-state index contributed by atoms with van der Waals surface area (Å²) in [5.41, 5.74) is 0.398. The SMILES string of the molecule is CN(CCOc1ccc(S(N)(=O)=O)cc1)Cc1ccccc1OC(F)(F)F. The number of halogens is 3. The predicted molar refractivity (Wildman–Crippen MR) is 92.8 cm³/mol. The first-order chi connectivity index (χ1) is 12.5. The molecule has 0 amide bonds. The topological polar surface area (TPSA) is 81.9 Å². The van der Waals surface area contributed by atoms with Crippen molar-refractivity contribution in [3.63, 3.8) is 0 Å². The third kappa shape index (κ3) is 7.08. The number of para-hydroxylation sites is 1. The minimum atomic E-state index is -4.75. The van der Waals surface area contributed by atoms with Crippen molar-refractivity contribution in [2.75, 3.05) is 20.2 Å². The predicted octanol–water partition coefficient (Wildman–Crippen LogP) is 2.74. The summed E-state index contributed by atoms with van der Waals surface area (Å²) in [6.07, 6.45) is -4.75. The van der Waals surface area contributed by atoms with E-state index in [0.717, 1.165) is 0 Å². The average molecular weight is 404 g/mol. The van der Waals surface area contributed by atoms with Gasteiger partial charge in [0.25, 0.3) is 0 Å². The van der Waals surface area contributed by atoms with E-state index in [1.165, 1.54) is 36.4 Å². The molecule has 0 aromatic heterocycles. The van der Waals surface area contributed by atoms with Crippen LogP contribution in [-0.4, -0.2) is 39.9 Å². The second kappa shape index (κ2) is 8.59. The first-order valence-electron chi connectivity index (χ1n) is 7.82. The van der Waals surface area contributed by atoms with Crippen LogP contribution in [0.25, 0.3) is 0 Å². The first-order valence-corrected chi connectivity index (χ1v) is 9.37. The fraction of sp³-hybridized carbons (Fsp3) is 0.294. The Balaban J connectivity index is 1.87. The Bertz CT molecular complexity index is 855. The smallest absolute Gasteiger partial charge is 0.492 e. The Morgan fingerprint density at radius 3 is 2.30 bits per heavy atom. The van der Waals surface area contributed by atoms with Crippen LogP contribution in [0.15, 0.2) is 53.4 Å². The van der Waals surface area contributed by atoms with Gasteiger partial charge >= 0.3 is 6.36 Å². The maximum atomic E-state index is 12.4. The number of nitrogens with zero attached hydrogens (tertiary/aromatic N) is 1. The van der Waals surface area contributed by atoms with Crippen LogP contribution in [0.1, 0.15) is 5.56 Å². The van der Waals surface area contributed by atoms with Gasteiger partial charge < -0.3 is 9.47 Å². The van der Waals surface area contributed by atoms with Gasteiger partial charge in [-0.15, -0.1) is 13.2 Å². The lowest BCUT2D eigenvalue weighted by Gasteiger charge is -2.19. The van der Waals surface area contributed by atoms with Crippen LogP contribution >= 0.6 is 0 Å². The van der Waals surface area contributed by atoms with Crippen LogP contribution < -0.4 is 14.6 Å². The second-order valence-corrected chi connectivity index (χ2v) is 7.32. The molecule has 0 heterocycles. The standard InChI is InChI=1S/C17H19F3N2O4S/c1-22(12-13-4-2-3-5-16(13)26-17(18,19)20)10-11-25-14-6-8-15(9-7-14)27(21,23)24/h2-9H,10-12H2,1H3,(H2,21,23,24). The first kappa shape index (κ1) is 21.0. The Morgan fingerprint density at radius 2 is 1.70 bits per heavy atom. The lowest BCUT2D eigenvalue weighted by molar-refractivity contribution is -0.275. The molecule has 27 heavy (non-hydrogen) atoms. The molecule has 2 aromatic rings. The monoisotopic (exact) mass is 404 g/mol. The molecule has 10 heteroatoms. The second-order valence-electron chi connectivity index (χ2n) is 5.76. The molecule has 0 bridgehead atoms. The van der Waals surface area contributed by atoms with Crippen LogP contribution in [0.2, 0.25) is 0 Å². The van der Waals surface area contributed by atoms with E-state index in [0.29, 0.717) is 17.9 Å². The molecule has 2 aromatic carbocycles. The van der Waals surface area contributed by atoms with Crippen LogP contribution in [-0.2, 0) is 16.6 Å². The van der Waals surface area contributed by atoms with Gasteiger partial charge in [0, 0.05) is 18.7 Å². The van der Waals surface area contributed by atoms with Crippen molar-refractivity contribution in [1.82, 2.24) is 4.90 Å². The van der Waals surface area contributed by atoms with Crippen molar-refractivity contribution in [2.24, 2.45) is 5.14 Å². The molecule has 0 saturated heterocycles. The number of likely N-dealkylation sites (N-methyl/N-ethyl adjacent to an activating group) is 1. The van der Waals surface area contributed by atoms with Crippen LogP contribution in [0.5, 0.6) is 11.5 Å². The van der Waals surface area contributed by atoms with Crippen molar-refractivity contribution in [3.05, 3.63) is 54.1 Å². The molecular weight excluding hydrogens is 385 g/mol. The number of hydrogen-bond donors (Lipinski definition) is 1. The van der Waals surface area contributed by atoms with E-state index in [1.54, 1.807) is 24.1 Å². The maximum Gasteiger partial charge on any atom is 0.573 e. The summed E-state index contributed by atoms with van der Waals surface area (Å²) in [4.78, 5) is 1.75. The van der Waals surface area contributed by atoms with Gasteiger partial charge in [-0.05, 0) is 37.4 Å². The Morgan fingerprint density at radius 1 is 1.07 bits per heavy atom. The third-order valence-corrected chi connectivity index (χ3v) is 4.46. The average Bonchev–Trinajstić information content (AvgIpc) is 2.55. The number of alkyl halides is 3.